The molecule has 4 rings (SSSR count). The fourth-order valence-electron chi connectivity index (χ4n) is 2.98. The molecule has 1 fully saturated rings. The fraction of sp³-hybridized carbons (Fsp3) is 0.300. The molecular weight excluding hydrogens is 330 g/mol. The molecule has 2 aromatic heterocycles. The lowest BCUT2D eigenvalue weighted by Gasteiger charge is -2.12. The van der Waals surface area contributed by atoms with Crippen molar-refractivity contribution in [1.82, 2.24) is 4.98 Å². The summed E-state index contributed by atoms with van der Waals surface area (Å²) in [4.78, 5) is 6.34. The summed E-state index contributed by atoms with van der Waals surface area (Å²) in [5, 5.41) is 9.32. The monoisotopic (exact) mass is 349 g/mol. The minimum atomic E-state index is 0.302. The molecule has 1 aliphatic rings. The third kappa shape index (κ3) is 3.29. The van der Waals surface area contributed by atoms with E-state index in [2.05, 4.69) is 16.0 Å². The first-order valence-corrected chi connectivity index (χ1v) is 8.67. The van der Waals surface area contributed by atoms with Crippen LogP contribution in [-0.4, -0.2) is 18.1 Å². The van der Waals surface area contributed by atoms with E-state index in [0.717, 1.165) is 31.7 Å². The van der Waals surface area contributed by atoms with Gasteiger partial charge in [-0.25, -0.2) is 0 Å². The molecule has 0 N–H and O–H groups in total. The summed E-state index contributed by atoms with van der Waals surface area (Å²) in [5.74, 6) is 2.81. The van der Waals surface area contributed by atoms with E-state index in [9.17, 15) is 5.26 Å². The minimum Gasteiger partial charge on any atom is -0.486 e. The first kappa shape index (κ1) is 16.3. The van der Waals surface area contributed by atoms with Crippen LogP contribution in [0.5, 0.6) is 5.75 Å². The molecule has 6 nitrogen and oxygen atoms in total. The second-order valence-electron chi connectivity index (χ2n) is 6.35. The summed E-state index contributed by atoms with van der Waals surface area (Å²) in [6.07, 6.45) is 2.20. The molecule has 0 unspecified atom stereocenters. The third-order valence-corrected chi connectivity index (χ3v) is 4.38. The molecule has 0 saturated carbocycles. The maximum atomic E-state index is 9.32. The molecule has 0 atom stereocenters. The number of furan rings is 1. The van der Waals surface area contributed by atoms with E-state index in [0.29, 0.717) is 35.6 Å². The van der Waals surface area contributed by atoms with Crippen molar-refractivity contribution in [3.63, 3.8) is 0 Å². The van der Waals surface area contributed by atoms with Crippen LogP contribution in [-0.2, 0) is 6.61 Å². The average Bonchev–Trinajstić information content (AvgIpc) is 3.40. The highest BCUT2D eigenvalue weighted by molar-refractivity contribution is 5.56. The Labute approximate surface area is 151 Å². The molecule has 0 bridgehead atoms. The number of aryl methyl sites for hydroxylation is 1. The first-order valence-electron chi connectivity index (χ1n) is 8.67. The lowest BCUT2D eigenvalue weighted by Crippen LogP contribution is -2.17. The Balaban J connectivity index is 1.49. The Bertz CT molecular complexity index is 928. The van der Waals surface area contributed by atoms with Gasteiger partial charge in [0.1, 0.15) is 24.2 Å². The third-order valence-electron chi connectivity index (χ3n) is 4.38. The maximum absolute atomic E-state index is 9.32. The Morgan fingerprint density at radius 3 is 2.62 bits per heavy atom. The van der Waals surface area contributed by atoms with Gasteiger partial charge in [-0.05, 0) is 44.0 Å². The van der Waals surface area contributed by atoms with Crippen LogP contribution in [0.3, 0.4) is 0 Å². The molecule has 132 valence electrons. The topological polar surface area (TPSA) is 75.4 Å². The van der Waals surface area contributed by atoms with Crippen molar-refractivity contribution in [2.24, 2.45) is 0 Å². The van der Waals surface area contributed by atoms with Gasteiger partial charge in [-0.1, -0.05) is 17.7 Å². The summed E-state index contributed by atoms with van der Waals surface area (Å²) >= 11 is 0. The summed E-state index contributed by atoms with van der Waals surface area (Å²) in [7, 11) is 0. The zero-order chi connectivity index (χ0) is 17.9. The van der Waals surface area contributed by atoms with Gasteiger partial charge >= 0.3 is 0 Å². The number of anilines is 1. The molecule has 3 aromatic rings. The van der Waals surface area contributed by atoms with Crippen molar-refractivity contribution in [2.75, 3.05) is 18.0 Å². The largest absolute Gasteiger partial charge is 0.486 e. The Hall–Kier alpha value is -3.20. The van der Waals surface area contributed by atoms with Gasteiger partial charge in [0, 0.05) is 13.1 Å². The van der Waals surface area contributed by atoms with Crippen LogP contribution < -0.4 is 9.64 Å². The Kier molecular flexibility index (Phi) is 4.36. The van der Waals surface area contributed by atoms with Gasteiger partial charge in [0.2, 0.25) is 11.6 Å². The minimum absolute atomic E-state index is 0.302. The molecule has 0 amide bonds. The number of nitriles is 1. The van der Waals surface area contributed by atoms with Crippen LogP contribution in [0.25, 0.3) is 11.7 Å². The van der Waals surface area contributed by atoms with Crippen molar-refractivity contribution in [3.05, 3.63) is 53.4 Å². The zero-order valence-electron chi connectivity index (χ0n) is 14.6. The summed E-state index contributed by atoms with van der Waals surface area (Å²) in [6.45, 7) is 4.12. The van der Waals surface area contributed by atoms with Crippen LogP contribution in [0.1, 0.15) is 29.9 Å². The van der Waals surface area contributed by atoms with Crippen molar-refractivity contribution in [3.8, 4) is 23.5 Å². The molecule has 6 heteroatoms. The highest BCUT2D eigenvalue weighted by Gasteiger charge is 2.24. The SMILES string of the molecule is Cc1ccc(OCc2ccc(-c3nc(C#N)c(N4CCCC4)o3)o2)cc1. The molecule has 1 aromatic carbocycles. The van der Waals surface area contributed by atoms with Gasteiger partial charge < -0.3 is 18.5 Å². The molecule has 1 aliphatic heterocycles. The number of nitrogens with zero attached hydrogens (tertiary/aromatic N) is 3. The Morgan fingerprint density at radius 1 is 1.12 bits per heavy atom. The van der Waals surface area contributed by atoms with Gasteiger partial charge in [-0.2, -0.15) is 10.2 Å². The predicted molar refractivity (Wildman–Crippen MR) is 95.9 cm³/mol. The highest BCUT2D eigenvalue weighted by atomic mass is 16.5. The van der Waals surface area contributed by atoms with Crippen LogP contribution in [0.2, 0.25) is 0 Å². The van der Waals surface area contributed by atoms with E-state index >= 15 is 0 Å². The second-order valence-corrected chi connectivity index (χ2v) is 6.35. The lowest BCUT2D eigenvalue weighted by atomic mass is 10.2. The van der Waals surface area contributed by atoms with Crippen LogP contribution in [0, 0.1) is 18.3 Å². The standard InChI is InChI=1S/C20H19N3O3/c1-14-4-6-15(7-5-14)24-13-16-8-9-18(25-16)19-22-17(12-21)20(26-19)23-10-2-3-11-23/h4-9H,2-3,10-11,13H2,1H3. The fourth-order valence-corrected chi connectivity index (χ4v) is 2.98. The second kappa shape index (κ2) is 6.96. The number of hydrogen-bond acceptors (Lipinski definition) is 6. The lowest BCUT2D eigenvalue weighted by molar-refractivity contribution is 0.271. The van der Waals surface area contributed by atoms with E-state index in [1.165, 1.54) is 5.56 Å². The first-order chi connectivity index (χ1) is 12.7. The van der Waals surface area contributed by atoms with E-state index < -0.39 is 0 Å². The Morgan fingerprint density at radius 2 is 1.88 bits per heavy atom. The maximum Gasteiger partial charge on any atom is 0.266 e. The van der Waals surface area contributed by atoms with Gasteiger partial charge in [0.25, 0.3) is 5.89 Å². The molecular formula is C20H19N3O3. The van der Waals surface area contributed by atoms with Gasteiger partial charge in [-0.15, -0.1) is 0 Å². The van der Waals surface area contributed by atoms with E-state index in [1.54, 1.807) is 6.07 Å². The van der Waals surface area contributed by atoms with Crippen molar-refractivity contribution < 1.29 is 13.6 Å². The number of rotatable bonds is 5. The van der Waals surface area contributed by atoms with Gasteiger partial charge in [0.05, 0.1) is 0 Å². The van der Waals surface area contributed by atoms with Crippen molar-refractivity contribution in [1.29, 1.82) is 5.26 Å². The summed E-state index contributed by atoms with van der Waals surface area (Å²) in [5.41, 5.74) is 1.49. The van der Waals surface area contributed by atoms with Crippen LogP contribution in [0.4, 0.5) is 5.88 Å². The van der Waals surface area contributed by atoms with Gasteiger partial charge in [-0.3, -0.25) is 0 Å². The zero-order valence-corrected chi connectivity index (χ0v) is 14.6. The molecule has 3 heterocycles. The quantitative estimate of drug-likeness (QED) is 0.684. The van der Waals surface area contributed by atoms with E-state index in [4.69, 9.17) is 13.6 Å². The number of oxazole rings is 1. The number of aromatic nitrogens is 1. The highest BCUT2D eigenvalue weighted by Crippen LogP contribution is 2.31. The normalized spacial score (nSPS) is 13.8. The van der Waals surface area contributed by atoms with Crippen molar-refractivity contribution >= 4 is 5.88 Å². The number of ether oxygens (including phenoxy) is 1. The summed E-state index contributed by atoms with van der Waals surface area (Å²) in [6, 6.07) is 13.6. The molecule has 26 heavy (non-hydrogen) atoms. The average molecular weight is 349 g/mol. The van der Waals surface area contributed by atoms with Crippen molar-refractivity contribution in [2.45, 2.75) is 26.4 Å². The van der Waals surface area contributed by atoms with E-state index in [1.807, 2.05) is 37.3 Å². The smallest absolute Gasteiger partial charge is 0.266 e. The van der Waals surface area contributed by atoms with Crippen LogP contribution in [0.15, 0.2) is 45.2 Å². The van der Waals surface area contributed by atoms with Gasteiger partial charge in [0.15, 0.2) is 5.76 Å². The molecule has 0 radical (unpaired) electrons. The van der Waals surface area contributed by atoms with E-state index in [-0.39, 0.29) is 0 Å². The molecule has 1 saturated heterocycles. The molecule has 0 spiro atoms. The summed E-state index contributed by atoms with van der Waals surface area (Å²) < 4.78 is 17.3. The number of benzene rings is 1. The van der Waals surface area contributed by atoms with Crippen LogP contribution >= 0.6 is 0 Å². The number of hydrogen-bond donors (Lipinski definition) is 0. The molecule has 0 aliphatic carbocycles. The predicted octanol–water partition coefficient (Wildman–Crippen LogP) is 4.29.